The fourth-order valence-electron chi connectivity index (χ4n) is 1.76. The maximum atomic E-state index is 11.9. The van der Waals surface area contributed by atoms with Gasteiger partial charge in [0.1, 0.15) is 0 Å². The lowest BCUT2D eigenvalue weighted by atomic mass is 10.0. The van der Waals surface area contributed by atoms with Gasteiger partial charge in [-0.3, -0.25) is 4.79 Å². The van der Waals surface area contributed by atoms with E-state index in [1.807, 2.05) is 13.8 Å². The summed E-state index contributed by atoms with van der Waals surface area (Å²) in [5, 5.41) is 5.03. The highest BCUT2D eigenvalue weighted by Gasteiger charge is 2.27. The van der Waals surface area contributed by atoms with Gasteiger partial charge in [0.15, 0.2) is 0 Å². The van der Waals surface area contributed by atoms with E-state index in [-0.39, 0.29) is 31.0 Å². The number of hydrogen-bond acceptors (Lipinski definition) is 4. The highest BCUT2D eigenvalue weighted by Crippen LogP contribution is 2.09. The minimum atomic E-state index is -3.64. The van der Waals surface area contributed by atoms with Gasteiger partial charge < -0.3 is 10.6 Å². The van der Waals surface area contributed by atoms with Crippen molar-refractivity contribution in [2.24, 2.45) is 16.8 Å². The van der Waals surface area contributed by atoms with Gasteiger partial charge in [-0.05, 0) is 5.92 Å². The molecule has 1 heterocycles. The van der Waals surface area contributed by atoms with Gasteiger partial charge in [0, 0.05) is 38.6 Å². The highest BCUT2D eigenvalue weighted by molar-refractivity contribution is 7.86. The second kappa shape index (κ2) is 5.96. The average Bonchev–Trinajstić information content (AvgIpc) is 2.27. The molecule has 0 aromatic heterocycles. The van der Waals surface area contributed by atoms with E-state index < -0.39 is 10.2 Å². The molecule has 0 saturated carbocycles. The van der Waals surface area contributed by atoms with E-state index in [2.05, 4.69) is 0 Å². The predicted molar refractivity (Wildman–Crippen MR) is 68.7 cm³/mol. The van der Waals surface area contributed by atoms with Crippen molar-refractivity contribution in [3.63, 3.8) is 0 Å². The molecular formula is C10H22N4O3S. The van der Waals surface area contributed by atoms with E-state index in [9.17, 15) is 13.2 Å². The summed E-state index contributed by atoms with van der Waals surface area (Å²) in [5.74, 6) is 0.227. The quantitative estimate of drug-likeness (QED) is 0.666. The number of amides is 1. The Kier molecular flexibility index (Phi) is 5.09. The van der Waals surface area contributed by atoms with Crippen LogP contribution >= 0.6 is 0 Å². The van der Waals surface area contributed by atoms with E-state index in [4.69, 9.17) is 10.9 Å². The topological polar surface area (TPSA) is 110 Å². The van der Waals surface area contributed by atoms with Crippen LogP contribution in [0.4, 0.5) is 0 Å². The largest absolute Gasteiger partial charge is 0.340 e. The van der Waals surface area contributed by atoms with Crippen LogP contribution in [0.5, 0.6) is 0 Å². The summed E-state index contributed by atoms with van der Waals surface area (Å²) in [4.78, 5) is 13.6. The summed E-state index contributed by atoms with van der Waals surface area (Å²) < 4.78 is 23.4. The maximum Gasteiger partial charge on any atom is 0.277 e. The third kappa shape index (κ3) is 4.20. The standard InChI is InChI=1S/C10H22N4O3S/c1-8(2)9(11)7-10(15)13-3-5-14(6-4-13)18(12,16)17/h8-9H,3-7,11H2,1-2H3,(H2,12,16,17). The van der Waals surface area contributed by atoms with E-state index in [0.717, 1.165) is 0 Å². The van der Waals surface area contributed by atoms with Crippen LogP contribution in [0.15, 0.2) is 0 Å². The van der Waals surface area contributed by atoms with Crippen molar-refractivity contribution < 1.29 is 13.2 Å². The molecule has 1 atom stereocenters. The van der Waals surface area contributed by atoms with Crippen molar-refractivity contribution in [1.82, 2.24) is 9.21 Å². The monoisotopic (exact) mass is 278 g/mol. The molecule has 0 aromatic carbocycles. The zero-order valence-electron chi connectivity index (χ0n) is 10.9. The Morgan fingerprint density at radius 3 is 2.11 bits per heavy atom. The van der Waals surface area contributed by atoms with Crippen molar-refractivity contribution in [3.8, 4) is 0 Å². The minimum Gasteiger partial charge on any atom is -0.340 e. The summed E-state index contributed by atoms with van der Waals surface area (Å²) in [7, 11) is -3.64. The Hall–Kier alpha value is -0.700. The van der Waals surface area contributed by atoms with Crippen LogP contribution < -0.4 is 10.9 Å². The zero-order chi connectivity index (χ0) is 13.9. The highest BCUT2D eigenvalue weighted by atomic mass is 32.2. The summed E-state index contributed by atoms with van der Waals surface area (Å²) in [6.45, 7) is 5.19. The number of piperazine rings is 1. The predicted octanol–water partition coefficient (Wildman–Crippen LogP) is -1.29. The van der Waals surface area contributed by atoms with Crippen molar-refractivity contribution in [3.05, 3.63) is 0 Å². The van der Waals surface area contributed by atoms with Crippen molar-refractivity contribution >= 4 is 16.1 Å². The first kappa shape index (κ1) is 15.4. The normalized spacial score (nSPS) is 20.2. The minimum absolute atomic E-state index is 0.0229. The first-order valence-electron chi connectivity index (χ1n) is 6.03. The van der Waals surface area contributed by atoms with Crippen LogP contribution in [0.2, 0.25) is 0 Å². The summed E-state index contributed by atoms with van der Waals surface area (Å²) in [5.41, 5.74) is 5.85. The third-order valence-corrected chi connectivity index (χ3v) is 4.30. The molecule has 0 radical (unpaired) electrons. The van der Waals surface area contributed by atoms with Gasteiger partial charge in [0.2, 0.25) is 5.91 Å². The van der Waals surface area contributed by atoms with Crippen LogP contribution in [-0.2, 0) is 15.0 Å². The molecule has 0 spiro atoms. The Morgan fingerprint density at radius 1 is 1.22 bits per heavy atom. The Balaban J connectivity index is 2.46. The van der Waals surface area contributed by atoms with Crippen LogP contribution in [0.3, 0.4) is 0 Å². The van der Waals surface area contributed by atoms with E-state index >= 15 is 0 Å². The lowest BCUT2D eigenvalue weighted by molar-refractivity contribution is -0.132. The third-order valence-electron chi connectivity index (χ3n) is 3.22. The van der Waals surface area contributed by atoms with Gasteiger partial charge in [-0.1, -0.05) is 13.8 Å². The number of rotatable bonds is 4. The second-order valence-electron chi connectivity index (χ2n) is 4.94. The number of carbonyl (C=O) groups is 1. The molecule has 0 bridgehead atoms. The summed E-state index contributed by atoms with van der Waals surface area (Å²) >= 11 is 0. The summed E-state index contributed by atoms with van der Waals surface area (Å²) in [6.07, 6.45) is 0.299. The average molecular weight is 278 g/mol. The van der Waals surface area contributed by atoms with Crippen molar-refractivity contribution in [2.75, 3.05) is 26.2 Å². The Morgan fingerprint density at radius 2 is 1.72 bits per heavy atom. The first-order valence-corrected chi connectivity index (χ1v) is 7.53. The molecule has 0 aliphatic carbocycles. The second-order valence-corrected chi connectivity index (χ2v) is 6.48. The van der Waals surface area contributed by atoms with Gasteiger partial charge in [-0.15, -0.1) is 0 Å². The number of hydrogen-bond donors (Lipinski definition) is 2. The molecule has 8 heteroatoms. The number of carbonyl (C=O) groups excluding carboxylic acids is 1. The molecule has 4 N–H and O–H groups in total. The molecule has 1 amide bonds. The van der Waals surface area contributed by atoms with Crippen LogP contribution in [-0.4, -0.2) is 55.8 Å². The van der Waals surface area contributed by atoms with Crippen LogP contribution in [0.1, 0.15) is 20.3 Å². The molecule has 1 aliphatic heterocycles. The molecule has 0 aromatic rings. The van der Waals surface area contributed by atoms with E-state index in [1.54, 1.807) is 4.90 Å². The van der Waals surface area contributed by atoms with Gasteiger partial charge in [-0.2, -0.15) is 12.7 Å². The molecule has 1 unspecified atom stereocenters. The van der Waals surface area contributed by atoms with Crippen molar-refractivity contribution in [2.45, 2.75) is 26.3 Å². The SMILES string of the molecule is CC(C)C(N)CC(=O)N1CCN(S(N)(=O)=O)CC1. The molecule has 18 heavy (non-hydrogen) atoms. The van der Waals surface area contributed by atoms with Crippen LogP contribution in [0, 0.1) is 5.92 Å². The molecule has 7 nitrogen and oxygen atoms in total. The van der Waals surface area contributed by atoms with Gasteiger partial charge in [0.05, 0.1) is 0 Å². The summed E-state index contributed by atoms with van der Waals surface area (Å²) in [6, 6.07) is -0.159. The Bertz CT molecular complexity index is 388. The molecule has 1 rings (SSSR count). The lowest BCUT2D eigenvalue weighted by Crippen LogP contribution is -2.53. The molecule has 106 valence electrons. The smallest absolute Gasteiger partial charge is 0.277 e. The van der Waals surface area contributed by atoms with E-state index in [1.165, 1.54) is 4.31 Å². The molecule has 1 saturated heterocycles. The molecule has 1 aliphatic rings. The van der Waals surface area contributed by atoms with Crippen molar-refractivity contribution in [1.29, 1.82) is 0 Å². The zero-order valence-corrected chi connectivity index (χ0v) is 11.7. The number of nitrogens with zero attached hydrogens (tertiary/aromatic N) is 2. The Labute approximate surface area is 108 Å². The fraction of sp³-hybridized carbons (Fsp3) is 0.900. The lowest BCUT2D eigenvalue weighted by Gasteiger charge is -2.33. The van der Waals surface area contributed by atoms with Crippen LogP contribution in [0.25, 0.3) is 0 Å². The number of nitrogens with two attached hydrogens (primary N) is 2. The van der Waals surface area contributed by atoms with Gasteiger partial charge in [-0.25, -0.2) is 5.14 Å². The molecule has 1 fully saturated rings. The fourth-order valence-corrected chi connectivity index (χ4v) is 2.43. The maximum absolute atomic E-state index is 11.9. The first-order chi connectivity index (χ1) is 8.21. The molecular weight excluding hydrogens is 256 g/mol. The van der Waals surface area contributed by atoms with E-state index in [0.29, 0.717) is 19.5 Å². The van der Waals surface area contributed by atoms with Gasteiger partial charge in [0.25, 0.3) is 10.2 Å². The van der Waals surface area contributed by atoms with Gasteiger partial charge >= 0.3 is 0 Å².